The van der Waals surface area contributed by atoms with Crippen molar-refractivity contribution in [1.29, 1.82) is 0 Å². The van der Waals surface area contributed by atoms with Gasteiger partial charge in [0.25, 0.3) is 0 Å². The van der Waals surface area contributed by atoms with Gasteiger partial charge in [-0.2, -0.15) is 0 Å². The minimum Gasteiger partial charge on any atom is -0.461 e. The van der Waals surface area contributed by atoms with Gasteiger partial charge in [-0.1, -0.05) is 0 Å². The van der Waals surface area contributed by atoms with Crippen LogP contribution in [-0.4, -0.2) is 42.4 Å². The van der Waals surface area contributed by atoms with Gasteiger partial charge in [0, 0.05) is 6.21 Å². The van der Waals surface area contributed by atoms with Crippen LogP contribution < -0.4 is 5.32 Å². The number of ether oxygens (including phenoxy) is 2. The van der Waals surface area contributed by atoms with Gasteiger partial charge in [0.05, 0.1) is 12.2 Å². The first-order valence-electron chi connectivity index (χ1n) is 7.09. The third-order valence-corrected chi connectivity index (χ3v) is 2.24. The Hall–Kier alpha value is -1.85. The van der Waals surface area contributed by atoms with Crippen LogP contribution in [0.15, 0.2) is 17.3 Å². The number of rotatable bonds is 8. The summed E-state index contributed by atoms with van der Waals surface area (Å²) in [7, 11) is 0. The van der Waals surface area contributed by atoms with Crippen LogP contribution in [0, 0.1) is 0 Å². The zero-order valence-electron chi connectivity index (χ0n) is 13.6. The molecule has 2 atom stereocenters. The first-order chi connectivity index (χ1) is 9.73. The van der Waals surface area contributed by atoms with E-state index in [0.29, 0.717) is 0 Å². The summed E-state index contributed by atoms with van der Waals surface area (Å²) in [6, 6.07) is -0.999. The Labute approximate surface area is 126 Å². The summed E-state index contributed by atoms with van der Waals surface area (Å²) >= 11 is 0. The van der Waals surface area contributed by atoms with Gasteiger partial charge < -0.3 is 14.8 Å². The highest BCUT2D eigenvalue weighted by Crippen LogP contribution is 1.97. The van der Waals surface area contributed by atoms with Crippen LogP contribution >= 0.6 is 0 Å². The van der Waals surface area contributed by atoms with Gasteiger partial charge in [0.2, 0.25) is 0 Å². The van der Waals surface area contributed by atoms with Crippen molar-refractivity contribution < 1.29 is 19.1 Å². The molecule has 0 aliphatic carbocycles. The summed E-state index contributed by atoms with van der Waals surface area (Å²) in [4.78, 5) is 27.0. The van der Waals surface area contributed by atoms with Gasteiger partial charge in [-0.15, -0.1) is 0 Å². The predicted octanol–water partition coefficient (Wildman–Crippen LogP) is 1.84. The van der Waals surface area contributed by atoms with Gasteiger partial charge >= 0.3 is 11.9 Å². The fourth-order valence-corrected chi connectivity index (χ4v) is 1.22. The van der Waals surface area contributed by atoms with Crippen molar-refractivity contribution in [3.05, 3.63) is 12.3 Å². The van der Waals surface area contributed by atoms with E-state index in [4.69, 9.17) is 9.47 Å². The van der Waals surface area contributed by atoms with Crippen molar-refractivity contribution in [1.82, 2.24) is 5.32 Å². The lowest BCUT2D eigenvalue weighted by Crippen LogP contribution is -2.33. The molecule has 120 valence electrons. The Kier molecular flexibility index (Phi) is 9.08. The first kappa shape index (κ1) is 19.1. The molecule has 0 aliphatic heterocycles. The molecule has 0 fully saturated rings. The molecule has 0 aromatic rings. The fourth-order valence-electron chi connectivity index (χ4n) is 1.22. The smallest absolute Gasteiger partial charge is 0.330 e. The maximum Gasteiger partial charge on any atom is 0.330 e. The number of hydrogen-bond donors (Lipinski definition) is 1. The molecular formula is C15H26N2O4. The third-order valence-electron chi connectivity index (χ3n) is 2.24. The van der Waals surface area contributed by atoms with Gasteiger partial charge in [-0.3, -0.25) is 4.99 Å². The summed E-state index contributed by atoms with van der Waals surface area (Å²) in [6.07, 6.45) is 4.38. The Morgan fingerprint density at radius 3 is 2.00 bits per heavy atom. The second-order valence-electron chi connectivity index (χ2n) is 5.19. The molecule has 0 saturated carbocycles. The number of carbonyl (C=O) groups excluding carboxylic acids is 2. The van der Waals surface area contributed by atoms with E-state index >= 15 is 0 Å². The van der Waals surface area contributed by atoms with Crippen LogP contribution in [0.1, 0.15) is 41.5 Å². The molecule has 0 rings (SSSR count). The number of aliphatic imine (C=N–C) groups is 1. The lowest BCUT2D eigenvalue weighted by Gasteiger charge is -2.13. The highest BCUT2D eigenvalue weighted by molar-refractivity contribution is 5.80. The summed E-state index contributed by atoms with van der Waals surface area (Å²) in [5, 5.41) is 2.86. The maximum absolute atomic E-state index is 11.5. The molecule has 6 nitrogen and oxygen atoms in total. The average Bonchev–Trinajstić information content (AvgIpc) is 2.36. The van der Waals surface area contributed by atoms with Crippen LogP contribution in [0.4, 0.5) is 0 Å². The summed E-state index contributed by atoms with van der Waals surface area (Å²) < 4.78 is 10.1. The zero-order chi connectivity index (χ0) is 16.4. The number of hydrogen-bond acceptors (Lipinski definition) is 6. The topological polar surface area (TPSA) is 77.0 Å². The molecule has 0 heterocycles. The monoisotopic (exact) mass is 298 g/mol. The number of carbonyl (C=O) groups is 2. The molecular weight excluding hydrogens is 272 g/mol. The van der Waals surface area contributed by atoms with Crippen molar-refractivity contribution in [3.63, 3.8) is 0 Å². The van der Waals surface area contributed by atoms with Crippen LogP contribution in [0.5, 0.6) is 0 Å². The zero-order valence-corrected chi connectivity index (χ0v) is 13.6. The quantitative estimate of drug-likeness (QED) is 0.546. The average molecular weight is 298 g/mol. The third kappa shape index (κ3) is 9.65. The van der Waals surface area contributed by atoms with Crippen LogP contribution in [0.25, 0.3) is 0 Å². The molecule has 1 N–H and O–H groups in total. The Bertz CT molecular complexity index is 389. The maximum atomic E-state index is 11.5. The summed E-state index contributed by atoms with van der Waals surface area (Å²) in [5.41, 5.74) is 0. The molecule has 0 amide bonds. The number of esters is 2. The normalized spacial score (nSPS) is 14.7. The highest BCUT2D eigenvalue weighted by Gasteiger charge is 2.14. The van der Waals surface area contributed by atoms with E-state index in [2.05, 4.69) is 10.3 Å². The van der Waals surface area contributed by atoms with Crippen molar-refractivity contribution in [2.75, 3.05) is 0 Å². The van der Waals surface area contributed by atoms with E-state index in [9.17, 15) is 9.59 Å². The Morgan fingerprint density at radius 1 is 0.952 bits per heavy atom. The number of nitrogens with zero attached hydrogens (tertiary/aromatic N) is 1. The standard InChI is InChI=1S/C15H26N2O4/c1-10(2)20-14(18)12(5)16-8-7-9-17-13(6)15(19)21-11(3)4/h7-13,16H,1-6H3/b8-7+,17-9?/t12-,13-/m0/s1. The Morgan fingerprint density at radius 2 is 1.48 bits per heavy atom. The van der Waals surface area contributed by atoms with E-state index in [-0.39, 0.29) is 24.1 Å². The van der Waals surface area contributed by atoms with E-state index < -0.39 is 12.1 Å². The summed E-state index contributed by atoms with van der Waals surface area (Å²) in [5.74, 6) is -0.683. The van der Waals surface area contributed by atoms with Crippen molar-refractivity contribution in [2.45, 2.75) is 65.8 Å². The predicted molar refractivity (Wildman–Crippen MR) is 82.1 cm³/mol. The first-order valence-corrected chi connectivity index (χ1v) is 7.09. The van der Waals surface area contributed by atoms with Crippen LogP contribution in [0.3, 0.4) is 0 Å². The van der Waals surface area contributed by atoms with Crippen molar-refractivity contribution >= 4 is 18.2 Å². The minimum absolute atomic E-state index is 0.139. The Balaban J connectivity index is 4.12. The number of allylic oxidation sites excluding steroid dienone is 1. The van der Waals surface area contributed by atoms with E-state index in [1.54, 1.807) is 53.8 Å². The van der Waals surface area contributed by atoms with Crippen molar-refractivity contribution in [3.8, 4) is 0 Å². The molecule has 0 bridgehead atoms. The van der Waals surface area contributed by atoms with Gasteiger partial charge in [0.15, 0.2) is 0 Å². The molecule has 0 unspecified atom stereocenters. The molecule has 0 radical (unpaired) electrons. The molecule has 0 saturated heterocycles. The molecule has 0 aliphatic rings. The largest absolute Gasteiger partial charge is 0.461 e. The van der Waals surface area contributed by atoms with E-state index in [0.717, 1.165) is 0 Å². The fraction of sp³-hybridized carbons (Fsp3) is 0.667. The number of nitrogens with one attached hydrogen (secondary N) is 1. The molecule has 0 aromatic heterocycles. The van der Waals surface area contributed by atoms with Crippen LogP contribution in [-0.2, 0) is 19.1 Å². The molecule has 0 spiro atoms. The molecule has 21 heavy (non-hydrogen) atoms. The lowest BCUT2D eigenvalue weighted by atomic mass is 10.3. The second-order valence-corrected chi connectivity index (χ2v) is 5.19. The lowest BCUT2D eigenvalue weighted by molar-refractivity contribution is -0.149. The van der Waals surface area contributed by atoms with Gasteiger partial charge in [-0.25, -0.2) is 9.59 Å². The molecule has 6 heteroatoms. The second kappa shape index (κ2) is 9.96. The van der Waals surface area contributed by atoms with Crippen molar-refractivity contribution in [2.24, 2.45) is 4.99 Å². The van der Waals surface area contributed by atoms with E-state index in [1.165, 1.54) is 6.21 Å². The summed E-state index contributed by atoms with van der Waals surface area (Å²) in [6.45, 7) is 10.5. The SMILES string of the molecule is CC(C)OC(=O)[C@H](C)N=C/C=C/N[C@@H](C)C(=O)OC(C)C. The highest BCUT2D eigenvalue weighted by atomic mass is 16.5. The van der Waals surface area contributed by atoms with Crippen LogP contribution in [0.2, 0.25) is 0 Å². The van der Waals surface area contributed by atoms with Gasteiger partial charge in [0.1, 0.15) is 12.1 Å². The van der Waals surface area contributed by atoms with Gasteiger partial charge in [-0.05, 0) is 53.8 Å². The minimum atomic E-state index is -0.555. The van der Waals surface area contributed by atoms with E-state index in [1.807, 2.05) is 0 Å². The molecule has 0 aromatic carbocycles.